The van der Waals surface area contributed by atoms with Crippen molar-refractivity contribution in [1.82, 2.24) is 10.6 Å². The summed E-state index contributed by atoms with van der Waals surface area (Å²) in [5.74, 6) is -0.128. The topological polar surface area (TPSA) is 41.1 Å². The Hall–Kier alpha value is -1.56. The highest BCUT2D eigenvalue weighted by atomic mass is 19.4. The highest BCUT2D eigenvalue weighted by Gasteiger charge is 2.67. The monoisotopic (exact) mass is 326 g/mol. The van der Waals surface area contributed by atoms with Gasteiger partial charge in [0.25, 0.3) is 0 Å². The molecule has 0 bridgehead atoms. The van der Waals surface area contributed by atoms with E-state index >= 15 is 0 Å². The number of carbonyl (C=O) groups is 1. The van der Waals surface area contributed by atoms with Crippen LogP contribution >= 0.6 is 0 Å². The number of rotatable bonds is 3. The lowest BCUT2D eigenvalue weighted by Crippen LogP contribution is -2.38. The zero-order valence-corrected chi connectivity index (χ0v) is 13.1. The third kappa shape index (κ3) is 2.84. The summed E-state index contributed by atoms with van der Waals surface area (Å²) in [5, 5.41) is 6.01. The van der Waals surface area contributed by atoms with Gasteiger partial charge in [-0.1, -0.05) is 25.1 Å². The number of halogens is 3. The fraction of sp³-hybridized carbons (Fsp3) is 0.588. The minimum absolute atomic E-state index is 0.0336. The molecule has 1 saturated heterocycles. The molecule has 1 aromatic rings. The molecule has 0 radical (unpaired) electrons. The Bertz CT molecular complexity index is 608. The van der Waals surface area contributed by atoms with Crippen LogP contribution in [-0.2, 0) is 17.5 Å². The van der Waals surface area contributed by atoms with Gasteiger partial charge in [0.05, 0.1) is 11.0 Å². The van der Waals surface area contributed by atoms with Crippen LogP contribution < -0.4 is 10.6 Å². The van der Waals surface area contributed by atoms with Gasteiger partial charge in [-0.05, 0) is 49.4 Å². The van der Waals surface area contributed by atoms with Gasteiger partial charge in [0.2, 0.25) is 5.91 Å². The number of piperidine rings is 1. The Morgan fingerprint density at radius 1 is 1.26 bits per heavy atom. The predicted octanol–water partition coefficient (Wildman–Crippen LogP) is 3.10. The van der Waals surface area contributed by atoms with Crippen molar-refractivity contribution in [3.05, 3.63) is 35.4 Å². The van der Waals surface area contributed by atoms with Crippen molar-refractivity contribution in [1.29, 1.82) is 0 Å². The van der Waals surface area contributed by atoms with Crippen LogP contribution in [-0.4, -0.2) is 19.0 Å². The van der Waals surface area contributed by atoms with Gasteiger partial charge >= 0.3 is 6.18 Å². The number of hydrogen-bond donors (Lipinski definition) is 2. The zero-order valence-electron chi connectivity index (χ0n) is 13.1. The molecule has 1 heterocycles. The van der Waals surface area contributed by atoms with Gasteiger partial charge in [-0.3, -0.25) is 4.79 Å². The normalized spacial score (nSPS) is 26.1. The number of benzene rings is 1. The summed E-state index contributed by atoms with van der Waals surface area (Å²) in [5.41, 5.74) is -0.983. The van der Waals surface area contributed by atoms with Crippen LogP contribution in [0.15, 0.2) is 24.3 Å². The molecule has 6 heteroatoms. The van der Waals surface area contributed by atoms with Crippen molar-refractivity contribution in [2.24, 2.45) is 10.8 Å². The molecule has 1 saturated carbocycles. The van der Waals surface area contributed by atoms with E-state index in [-0.39, 0.29) is 23.4 Å². The smallest absolute Gasteiger partial charge is 0.352 e. The van der Waals surface area contributed by atoms with Crippen LogP contribution in [0.3, 0.4) is 0 Å². The summed E-state index contributed by atoms with van der Waals surface area (Å²) in [6.07, 6.45) is -1.67. The SMILES string of the molecule is CC1(C(=O)NCc2ccccc2C(F)(F)F)CC12CCNCC2. The van der Waals surface area contributed by atoms with Crippen molar-refractivity contribution in [3.63, 3.8) is 0 Å². The summed E-state index contributed by atoms with van der Waals surface area (Å²) < 4.78 is 39.0. The fourth-order valence-corrected chi connectivity index (χ4v) is 3.91. The first kappa shape index (κ1) is 16.3. The molecule has 2 aliphatic rings. The maximum Gasteiger partial charge on any atom is 0.416 e. The highest BCUT2D eigenvalue weighted by molar-refractivity contribution is 5.86. The van der Waals surface area contributed by atoms with Crippen LogP contribution in [0.25, 0.3) is 0 Å². The largest absolute Gasteiger partial charge is 0.416 e. The molecule has 1 unspecified atom stereocenters. The molecular weight excluding hydrogens is 305 g/mol. The van der Waals surface area contributed by atoms with Gasteiger partial charge < -0.3 is 10.6 Å². The molecule has 2 fully saturated rings. The van der Waals surface area contributed by atoms with E-state index in [0.717, 1.165) is 38.4 Å². The average Bonchev–Trinajstić information content (AvgIpc) is 3.09. The Morgan fingerprint density at radius 2 is 1.91 bits per heavy atom. The maximum absolute atomic E-state index is 13.0. The summed E-state index contributed by atoms with van der Waals surface area (Å²) in [7, 11) is 0. The van der Waals surface area contributed by atoms with Gasteiger partial charge in [-0.25, -0.2) is 0 Å². The van der Waals surface area contributed by atoms with Gasteiger partial charge in [-0.15, -0.1) is 0 Å². The van der Waals surface area contributed by atoms with E-state index in [9.17, 15) is 18.0 Å². The molecule has 1 atom stereocenters. The molecular formula is C17H21F3N2O. The Morgan fingerprint density at radius 3 is 2.57 bits per heavy atom. The summed E-state index contributed by atoms with van der Waals surface area (Å²) >= 11 is 0. The van der Waals surface area contributed by atoms with Gasteiger partial charge in [0, 0.05) is 6.54 Å². The third-order valence-electron chi connectivity index (χ3n) is 5.56. The van der Waals surface area contributed by atoms with Gasteiger partial charge in [0.15, 0.2) is 0 Å². The van der Waals surface area contributed by atoms with Crippen LogP contribution in [0.4, 0.5) is 13.2 Å². The minimum atomic E-state index is -4.40. The number of amides is 1. The number of carbonyl (C=O) groups excluding carboxylic acids is 1. The van der Waals surface area contributed by atoms with E-state index in [1.165, 1.54) is 12.1 Å². The maximum atomic E-state index is 13.0. The number of nitrogens with one attached hydrogen (secondary N) is 2. The lowest BCUT2D eigenvalue weighted by atomic mass is 9.85. The molecule has 3 rings (SSSR count). The predicted molar refractivity (Wildman–Crippen MR) is 80.6 cm³/mol. The molecule has 23 heavy (non-hydrogen) atoms. The molecule has 1 amide bonds. The highest BCUT2D eigenvalue weighted by Crippen LogP contribution is 2.68. The Balaban J connectivity index is 1.67. The van der Waals surface area contributed by atoms with Gasteiger partial charge in [-0.2, -0.15) is 13.2 Å². The second-order valence-electron chi connectivity index (χ2n) is 6.88. The Labute approximate surface area is 133 Å². The zero-order chi connectivity index (χ0) is 16.7. The molecule has 1 aliphatic carbocycles. The van der Waals surface area contributed by atoms with E-state index in [2.05, 4.69) is 10.6 Å². The first-order chi connectivity index (χ1) is 10.8. The van der Waals surface area contributed by atoms with Crippen molar-refractivity contribution >= 4 is 5.91 Å². The van der Waals surface area contributed by atoms with E-state index in [1.807, 2.05) is 6.92 Å². The van der Waals surface area contributed by atoms with Crippen molar-refractivity contribution in [2.75, 3.05) is 13.1 Å². The Kier molecular flexibility index (Phi) is 3.91. The summed E-state index contributed by atoms with van der Waals surface area (Å²) in [6, 6.07) is 5.39. The van der Waals surface area contributed by atoms with Crippen molar-refractivity contribution in [3.8, 4) is 0 Å². The second-order valence-corrected chi connectivity index (χ2v) is 6.88. The van der Waals surface area contributed by atoms with Crippen LogP contribution in [0.5, 0.6) is 0 Å². The van der Waals surface area contributed by atoms with E-state index in [4.69, 9.17) is 0 Å². The molecule has 3 nitrogen and oxygen atoms in total. The molecule has 0 aromatic heterocycles. The molecule has 126 valence electrons. The van der Waals surface area contributed by atoms with Crippen LogP contribution in [0.1, 0.15) is 37.3 Å². The van der Waals surface area contributed by atoms with E-state index < -0.39 is 17.2 Å². The lowest BCUT2D eigenvalue weighted by Gasteiger charge is -2.27. The first-order valence-corrected chi connectivity index (χ1v) is 7.93. The molecule has 1 aromatic carbocycles. The van der Waals surface area contributed by atoms with Crippen molar-refractivity contribution < 1.29 is 18.0 Å². The van der Waals surface area contributed by atoms with E-state index in [0.29, 0.717) is 0 Å². The van der Waals surface area contributed by atoms with Crippen molar-refractivity contribution in [2.45, 2.75) is 38.9 Å². The quantitative estimate of drug-likeness (QED) is 0.896. The minimum Gasteiger partial charge on any atom is -0.352 e. The molecule has 2 N–H and O–H groups in total. The number of hydrogen-bond acceptors (Lipinski definition) is 2. The standard InChI is InChI=1S/C17H21F3N2O/c1-15(11-16(15)6-8-21-9-7-16)14(23)22-10-12-4-2-3-5-13(12)17(18,19)20/h2-5,21H,6-11H2,1H3,(H,22,23). The van der Waals surface area contributed by atoms with Crippen LogP contribution in [0.2, 0.25) is 0 Å². The first-order valence-electron chi connectivity index (χ1n) is 7.93. The van der Waals surface area contributed by atoms with E-state index in [1.54, 1.807) is 6.07 Å². The van der Waals surface area contributed by atoms with Crippen LogP contribution in [0, 0.1) is 10.8 Å². The van der Waals surface area contributed by atoms with Gasteiger partial charge in [0.1, 0.15) is 0 Å². The summed E-state index contributed by atoms with van der Waals surface area (Å²) in [6.45, 7) is 3.65. The lowest BCUT2D eigenvalue weighted by molar-refractivity contribution is -0.138. The second kappa shape index (κ2) is 5.51. The fourth-order valence-electron chi connectivity index (χ4n) is 3.91. The average molecular weight is 326 g/mol. The summed E-state index contributed by atoms with van der Waals surface area (Å²) in [4.78, 5) is 12.5. The number of alkyl halides is 3. The molecule has 1 aliphatic heterocycles. The molecule has 1 spiro atoms. The third-order valence-corrected chi connectivity index (χ3v) is 5.56.